The molecule has 15 heavy (non-hydrogen) atoms. The van der Waals surface area contributed by atoms with Gasteiger partial charge in [0.15, 0.2) is 0 Å². The largest absolute Gasteiger partial charge is 0.463 e. The van der Waals surface area contributed by atoms with Crippen molar-refractivity contribution < 1.29 is 9.53 Å². The van der Waals surface area contributed by atoms with Crippen molar-refractivity contribution in [1.82, 2.24) is 0 Å². The monoisotopic (exact) mass is 228 g/mol. The van der Waals surface area contributed by atoms with E-state index in [1.807, 2.05) is 0 Å². The van der Waals surface area contributed by atoms with Gasteiger partial charge in [0.1, 0.15) is 0 Å². The summed E-state index contributed by atoms with van der Waals surface area (Å²) in [7, 11) is -1.07. The predicted octanol–water partition coefficient (Wildman–Crippen LogP) is 3.47. The van der Waals surface area contributed by atoms with Crippen molar-refractivity contribution in [3.05, 3.63) is 12.7 Å². The first-order valence-electron chi connectivity index (χ1n) is 5.66. The molecule has 0 radical (unpaired) electrons. The van der Waals surface area contributed by atoms with Gasteiger partial charge >= 0.3 is 5.97 Å². The van der Waals surface area contributed by atoms with Gasteiger partial charge in [-0.05, 0) is 12.3 Å². The molecule has 0 heterocycles. The molecule has 0 aromatic heterocycles. The minimum Gasteiger partial charge on any atom is -0.463 e. The van der Waals surface area contributed by atoms with Crippen LogP contribution < -0.4 is 0 Å². The van der Waals surface area contributed by atoms with Crippen LogP contribution in [-0.2, 0) is 9.53 Å². The highest BCUT2D eigenvalue weighted by Crippen LogP contribution is 2.22. The maximum absolute atomic E-state index is 10.8. The Labute approximate surface area is 94.7 Å². The molecule has 0 bridgehead atoms. The Hall–Kier alpha value is -0.573. The van der Waals surface area contributed by atoms with Crippen molar-refractivity contribution in [2.45, 2.75) is 45.5 Å². The van der Waals surface area contributed by atoms with Gasteiger partial charge in [-0.15, -0.1) is 0 Å². The summed E-state index contributed by atoms with van der Waals surface area (Å²) in [5, 5.41) is 0. The molecule has 0 saturated heterocycles. The third kappa shape index (κ3) is 8.42. The highest BCUT2D eigenvalue weighted by atomic mass is 28.3. The van der Waals surface area contributed by atoms with E-state index < -0.39 is 8.07 Å². The minimum atomic E-state index is -1.07. The fraction of sp³-hybridized carbons (Fsp3) is 0.750. The molecule has 0 aliphatic carbocycles. The Balaban J connectivity index is 3.65. The average Bonchev–Trinajstić information content (AvgIpc) is 2.10. The van der Waals surface area contributed by atoms with Crippen LogP contribution in [0.4, 0.5) is 0 Å². The third-order valence-electron chi connectivity index (χ3n) is 2.37. The Kier molecular flexibility index (Phi) is 6.57. The lowest BCUT2D eigenvalue weighted by Gasteiger charge is -2.24. The van der Waals surface area contributed by atoms with Gasteiger partial charge in [-0.25, -0.2) is 4.79 Å². The quantitative estimate of drug-likeness (QED) is 0.289. The van der Waals surface area contributed by atoms with Crippen LogP contribution in [0, 0.1) is 5.92 Å². The molecule has 0 N–H and O–H groups in total. The van der Waals surface area contributed by atoms with Gasteiger partial charge in [0.2, 0.25) is 0 Å². The molecule has 0 aromatic rings. The van der Waals surface area contributed by atoms with E-state index in [1.54, 1.807) is 0 Å². The zero-order chi connectivity index (χ0) is 11.9. The van der Waals surface area contributed by atoms with E-state index in [0.29, 0.717) is 6.61 Å². The summed E-state index contributed by atoms with van der Waals surface area (Å²) in [5.41, 5.74) is 0. The van der Waals surface area contributed by atoms with Crippen LogP contribution in [0.3, 0.4) is 0 Å². The van der Waals surface area contributed by atoms with Gasteiger partial charge in [0.05, 0.1) is 6.61 Å². The van der Waals surface area contributed by atoms with Crippen LogP contribution in [0.5, 0.6) is 0 Å². The first-order valence-corrected chi connectivity index (χ1v) is 9.08. The SMILES string of the molecule is C=CC(=O)OCCC[Si](C)(C)CC(C)C. The second kappa shape index (κ2) is 6.83. The molecule has 0 atom stereocenters. The molecule has 2 nitrogen and oxygen atoms in total. The highest BCUT2D eigenvalue weighted by molar-refractivity contribution is 6.77. The predicted molar refractivity (Wildman–Crippen MR) is 67.7 cm³/mol. The molecular weight excluding hydrogens is 204 g/mol. The van der Waals surface area contributed by atoms with E-state index in [-0.39, 0.29) is 5.97 Å². The Bertz CT molecular complexity index is 210. The van der Waals surface area contributed by atoms with Crippen molar-refractivity contribution >= 4 is 14.0 Å². The number of carbonyl (C=O) groups is 1. The summed E-state index contributed by atoms with van der Waals surface area (Å²) in [6.45, 7) is 13.3. The average molecular weight is 228 g/mol. The maximum atomic E-state index is 10.8. The zero-order valence-electron chi connectivity index (χ0n) is 10.5. The first-order chi connectivity index (χ1) is 6.87. The normalized spacial score (nSPS) is 11.5. The van der Waals surface area contributed by atoms with Crippen molar-refractivity contribution in [2.24, 2.45) is 5.92 Å². The van der Waals surface area contributed by atoms with Gasteiger partial charge in [-0.3, -0.25) is 0 Å². The summed E-state index contributed by atoms with van der Waals surface area (Å²) in [6.07, 6.45) is 2.21. The fourth-order valence-corrected chi connectivity index (χ4v) is 5.51. The van der Waals surface area contributed by atoms with Gasteiger partial charge in [0.25, 0.3) is 0 Å². The van der Waals surface area contributed by atoms with Gasteiger partial charge in [0, 0.05) is 14.1 Å². The Morgan fingerprint density at radius 1 is 1.47 bits per heavy atom. The molecule has 0 saturated carbocycles. The van der Waals surface area contributed by atoms with Crippen LogP contribution in [-0.4, -0.2) is 20.7 Å². The van der Waals surface area contributed by atoms with Gasteiger partial charge in [-0.1, -0.05) is 45.6 Å². The summed E-state index contributed by atoms with van der Waals surface area (Å²) < 4.78 is 4.96. The van der Waals surface area contributed by atoms with E-state index >= 15 is 0 Å². The summed E-state index contributed by atoms with van der Waals surface area (Å²) in [5.74, 6) is 0.473. The third-order valence-corrected chi connectivity index (χ3v) is 6.00. The smallest absolute Gasteiger partial charge is 0.330 e. The lowest BCUT2D eigenvalue weighted by Crippen LogP contribution is -2.27. The number of rotatable bonds is 7. The Morgan fingerprint density at radius 3 is 2.53 bits per heavy atom. The van der Waals surface area contributed by atoms with Crippen LogP contribution in [0.25, 0.3) is 0 Å². The molecule has 0 rings (SSSR count). The molecule has 3 heteroatoms. The highest BCUT2D eigenvalue weighted by Gasteiger charge is 2.21. The van der Waals surface area contributed by atoms with Crippen molar-refractivity contribution in [3.63, 3.8) is 0 Å². The van der Waals surface area contributed by atoms with Crippen LogP contribution in [0.1, 0.15) is 20.3 Å². The second-order valence-corrected chi connectivity index (χ2v) is 10.5. The lowest BCUT2D eigenvalue weighted by atomic mass is 10.3. The lowest BCUT2D eigenvalue weighted by molar-refractivity contribution is -0.137. The number of carbonyl (C=O) groups excluding carboxylic acids is 1. The maximum Gasteiger partial charge on any atom is 0.330 e. The topological polar surface area (TPSA) is 26.3 Å². The van der Waals surface area contributed by atoms with Crippen LogP contribution >= 0.6 is 0 Å². The zero-order valence-corrected chi connectivity index (χ0v) is 11.5. The molecule has 0 fully saturated rings. The van der Waals surface area contributed by atoms with Crippen LogP contribution in [0.15, 0.2) is 12.7 Å². The second-order valence-electron chi connectivity index (χ2n) is 5.24. The standard InChI is InChI=1S/C12H24O2Si/c1-6-12(13)14-8-7-9-15(4,5)10-11(2)3/h6,11H,1,7-10H2,2-5H3. The minimum absolute atomic E-state index is 0.307. The molecule has 0 aromatic carbocycles. The fourth-order valence-electron chi connectivity index (χ4n) is 1.99. The molecule has 0 amide bonds. The summed E-state index contributed by atoms with van der Waals surface area (Å²) in [6, 6.07) is 2.58. The molecule has 0 aliphatic rings. The van der Waals surface area contributed by atoms with E-state index in [9.17, 15) is 4.79 Å². The molecule has 0 spiro atoms. The van der Waals surface area contributed by atoms with E-state index in [4.69, 9.17) is 4.74 Å². The van der Waals surface area contributed by atoms with Gasteiger partial charge < -0.3 is 4.74 Å². The number of hydrogen-bond acceptors (Lipinski definition) is 2. The number of ether oxygens (including phenoxy) is 1. The Morgan fingerprint density at radius 2 is 2.07 bits per heavy atom. The molecule has 88 valence electrons. The number of esters is 1. The summed E-state index contributed by atoms with van der Waals surface area (Å²) >= 11 is 0. The summed E-state index contributed by atoms with van der Waals surface area (Å²) in [4.78, 5) is 10.8. The molecule has 0 aliphatic heterocycles. The molecule has 0 unspecified atom stereocenters. The van der Waals surface area contributed by atoms with Crippen molar-refractivity contribution in [2.75, 3.05) is 6.61 Å². The van der Waals surface area contributed by atoms with Crippen LogP contribution in [0.2, 0.25) is 25.2 Å². The first kappa shape index (κ1) is 14.4. The van der Waals surface area contributed by atoms with E-state index in [1.165, 1.54) is 18.2 Å². The molecular formula is C12H24O2Si. The van der Waals surface area contributed by atoms with Crippen molar-refractivity contribution in [3.8, 4) is 0 Å². The van der Waals surface area contributed by atoms with E-state index in [2.05, 4.69) is 33.5 Å². The van der Waals surface area contributed by atoms with Crippen molar-refractivity contribution in [1.29, 1.82) is 0 Å². The number of hydrogen-bond donors (Lipinski definition) is 0. The van der Waals surface area contributed by atoms with Gasteiger partial charge in [-0.2, -0.15) is 0 Å². The van der Waals surface area contributed by atoms with E-state index in [0.717, 1.165) is 12.3 Å².